The quantitative estimate of drug-likeness (QED) is 0.406. The van der Waals surface area contributed by atoms with Gasteiger partial charge in [0, 0.05) is 23.0 Å². The van der Waals surface area contributed by atoms with Gasteiger partial charge in [-0.2, -0.15) is 4.72 Å². The lowest BCUT2D eigenvalue weighted by atomic mass is 10.1. The van der Waals surface area contributed by atoms with E-state index in [1.54, 1.807) is 42.7 Å². The zero-order chi connectivity index (χ0) is 23.6. The van der Waals surface area contributed by atoms with Crippen LogP contribution in [0.2, 0.25) is 0 Å². The van der Waals surface area contributed by atoms with Crippen LogP contribution in [0.15, 0.2) is 45.8 Å². The molecule has 2 aromatic heterocycles. The molecule has 0 aliphatic heterocycles. The maximum atomic E-state index is 12.7. The Morgan fingerprint density at radius 2 is 1.78 bits per heavy atom. The Balaban J connectivity index is 1.64. The van der Waals surface area contributed by atoms with Crippen LogP contribution in [-0.4, -0.2) is 42.5 Å². The Morgan fingerprint density at radius 1 is 1.12 bits per heavy atom. The molecule has 9 nitrogen and oxygen atoms in total. The summed E-state index contributed by atoms with van der Waals surface area (Å²) in [6.45, 7) is 8.02. The van der Waals surface area contributed by atoms with Gasteiger partial charge in [0.05, 0.1) is 4.90 Å². The number of carbonyl (C=O) groups is 2. The Hall–Kier alpha value is -3.24. The molecular weight excluding hydrogens is 434 g/mol. The molecule has 0 spiro atoms. The minimum absolute atomic E-state index is 0.0364. The van der Waals surface area contributed by atoms with Crippen LogP contribution in [0.4, 0.5) is 0 Å². The number of Topliss-reactive ketones (excluding diaryl/α,β-unsaturated/α-hetero) is 1. The molecule has 1 unspecified atom stereocenters. The number of hydrogen-bond donors (Lipinski definition) is 1. The number of hydrogen-bond acceptors (Lipinski definition) is 7. The van der Waals surface area contributed by atoms with E-state index in [2.05, 4.69) is 9.88 Å². The highest BCUT2D eigenvalue weighted by atomic mass is 32.2. The minimum atomic E-state index is -3.90. The molecule has 1 N–H and O–H groups in total. The first kappa shape index (κ1) is 23.4. The monoisotopic (exact) mass is 459 g/mol. The number of esters is 1. The van der Waals surface area contributed by atoms with Crippen molar-refractivity contribution in [3.05, 3.63) is 64.7 Å². The number of sulfonamides is 1. The van der Waals surface area contributed by atoms with Crippen molar-refractivity contribution in [1.29, 1.82) is 0 Å². The molecule has 0 saturated heterocycles. The number of nitrogens with zero attached hydrogens (tertiary/aromatic N) is 2. The smallest absolute Gasteiger partial charge is 0.324 e. The fraction of sp³-hybridized carbons (Fsp3) is 0.318. The summed E-state index contributed by atoms with van der Waals surface area (Å²) in [5, 5.41) is 3.97. The summed E-state index contributed by atoms with van der Waals surface area (Å²) in [4.78, 5) is 25.0. The minimum Gasteiger partial charge on any atom is -0.456 e. The molecule has 0 fully saturated rings. The zero-order valence-electron chi connectivity index (χ0n) is 18.5. The van der Waals surface area contributed by atoms with Crippen LogP contribution in [0.5, 0.6) is 0 Å². The van der Waals surface area contributed by atoms with Crippen LogP contribution in [0.3, 0.4) is 0 Å². The van der Waals surface area contributed by atoms with Gasteiger partial charge in [0.2, 0.25) is 15.8 Å². The predicted octanol–water partition coefficient (Wildman–Crippen LogP) is 2.79. The van der Waals surface area contributed by atoms with Crippen molar-refractivity contribution in [3.63, 3.8) is 0 Å². The van der Waals surface area contributed by atoms with Gasteiger partial charge < -0.3 is 9.26 Å². The number of aryl methyl sites for hydroxylation is 3. The summed E-state index contributed by atoms with van der Waals surface area (Å²) in [5.41, 5.74) is 2.69. The molecule has 0 amide bonds. The molecule has 10 heteroatoms. The van der Waals surface area contributed by atoms with E-state index < -0.39 is 34.4 Å². The highest BCUT2D eigenvalue weighted by Gasteiger charge is 2.25. The molecular formula is C22H25N3O6S. The molecule has 1 atom stereocenters. The number of ether oxygens (including phenoxy) is 1. The molecule has 0 aliphatic rings. The first-order chi connectivity index (χ1) is 15.0. The van der Waals surface area contributed by atoms with Gasteiger partial charge in [-0.15, -0.1) is 0 Å². The third-order valence-electron chi connectivity index (χ3n) is 4.94. The maximum Gasteiger partial charge on any atom is 0.324 e. The fourth-order valence-corrected chi connectivity index (χ4v) is 4.45. The second-order valence-electron chi connectivity index (χ2n) is 7.60. The molecule has 0 aliphatic carbocycles. The summed E-state index contributed by atoms with van der Waals surface area (Å²) in [6.07, 6.45) is 0. The molecule has 170 valence electrons. The van der Waals surface area contributed by atoms with Gasteiger partial charge >= 0.3 is 5.97 Å². The second kappa shape index (κ2) is 9.09. The van der Waals surface area contributed by atoms with Crippen molar-refractivity contribution in [3.8, 4) is 5.82 Å². The first-order valence-electron chi connectivity index (χ1n) is 9.91. The summed E-state index contributed by atoms with van der Waals surface area (Å²) in [7, 11) is -3.90. The second-order valence-corrected chi connectivity index (χ2v) is 9.32. The van der Waals surface area contributed by atoms with Gasteiger partial charge in [0.25, 0.3) is 0 Å². The van der Waals surface area contributed by atoms with E-state index in [-0.39, 0.29) is 4.90 Å². The first-order valence-corrected chi connectivity index (χ1v) is 11.4. The molecule has 0 saturated carbocycles. The van der Waals surface area contributed by atoms with Crippen molar-refractivity contribution >= 4 is 21.8 Å². The Bertz CT molecular complexity index is 1260. The van der Waals surface area contributed by atoms with E-state index in [9.17, 15) is 18.0 Å². The van der Waals surface area contributed by atoms with Gasteiger partial charge in [-0.25, -0.2) is 8.42 Å². The number of rotatable bonds is 8. The summed E-state index contributed by atoms with van der Waals surface area (Å²) in [5.74, 6) is -0.0782. The van der Waals surface area contributed by atoms with Crippen molar-refractivity contribution in [2.75, 3.05) is 6.61 Å². The van der Waals surface area contributed by atoms with Crippen LogP contribution in [0, 0.1) is 27.7 Å². The Morgan fingerprint density at radius 3 is 2.38 bits per heavy atom. The van der Waals surface area contributed by atoms with Gasteiger partial charge in [-0.05, 0) is 52.8 Å². The molecule has 3 rings (SSSR count). The van der Waals surface area contributed by atoms with Crippen LogP contribution in [0.25, 0.3) is 5.82 Å². The number of carbonyl (C=O) groups excluding carboxylic acids is 2. The summed E-state index contributed by atoms with van der Waals surface area (Å²) < 4.78 is 39.1. The Kier molecular flexibility index (Phi) is 6.65. The largest absolute Gasteiger partial charge is 0.456 e. The molecule has 0 bridgehead atoms. The van der Waals surface area contributed by atoms with Crippen molar-refractivity contribution in [1.82, 2.24) is 14.4 Å². The standard InChI is InChI=1S/C22H25N3O6S/c1-13-6-8-18(9-7-13)32(28,29)24-16(4)22(27)30-12-20(26)19-10-14(2)25(17(19)5)21-11-15(3)31-23-21/h6-11,16,24H,12H2,1-5H3. The van der Waals surface area contributed by atoms with E-state index in [0.29, 0.717) is 22.8 Å². The van der Waals surface area contributed by atoms with Gasteiger partial charge in [0.15, 0.2) is 12.4 Å². The molecule has 32 heavy (non-hydrogen) atoms. The maximum absolute atomic E-state index is 12.7. The van der Waals surface area contributed by atoms with Gasteiger partial charge in [-0.3, -0.25) is 14.2 Å². The van der Waals surface area contributed by atoms with E-state index in [4.69, 9.17) is 9.26 Å². The molecule has 2 heterocycles. The van der Waals surface area contributed by atoms with E-state index >= 15 is 0 Å². The molecule has 0 radical (unpaired) electrons. The van der Waals surface area contributed by atoms with E-state index in [0.717, 1.165) is 11.3 Å². The highest BCUT2D eigenvalue weighted by Crippen LogP contribution is 2.21. The summed E-state index contributed by atoms with van der Waals surface area (Å²) >= 11 is 0. The highest BCUT2D eigenvalue weighted by molar-refractivity contribution is 7.89. The van der Waals surface area contributed by atoms with Crippen LogP contribution in [-0.2, 0) is 19.6 Å². The van der Waals surface area contributed by atoms with Gasteiger partial charge in [0.1, 0.15) is 11.8 Å². The number of benzene rings is 1. The van der Waals surface area contributed by atoms with Crippen LogP contribution >= 0.6 is 0 Å². The van der Waals surface area contributed by atoms with Crippen molar-refractivity contribution in [2.24, 2.45) is 0 Å². The lowest BCUT2D eigenvalue weighted by molar-refractivity contribution is -0.144. The lowest BCUT2D eigenvalue weighted by Crippen LogP contribution is -2.40. The predicted molar refractivity (Wildman–Crippen MR) is 116 cm³/mol. The lowest BCUT2D eigenvalue weighted by Gasteiger charge is -2.13. The third-order valence-corrected chi connectivity index (χ3v) is 6.50. The van der Waals surface area contributed by atoms with E-state index in [1.165, 1.54) is 19.1 Å². The average Bonchev–Trinajstić information content (AvgIpc) is 3.27. The van der Waals surface area contributed by atoms with Crippen molar-refractivity contribution in [2.45, 2.75) is 45.6 Å². The Labute approximate surface area is 186 Å². The van der Waals surface area contributed by atoms with Crippen LogP contribution in [0.1, 0.15) is 40.0 Å². The molecule has 3 aromatic rings. The molecule has 1 aromatic carbocycles. The van der Waals surface area contributed by atoms with Crippen LogP contribution < -0.4 is 4.72 Å². The van der Waals surface area contributed by atoms with E-state index in [1.807, 2.05) is 13.8 Å². The zero-order valence-corrected chi connectivity index (χ0v) is 19.3. The average molecular weight is 460 g/mol. The number of ketones is 1. The van der Waals surface area contributed by atoms with Crippen molar-refractivity contribution < 1.29 is 27.3 Å². The summed E-state index contributed by atoms with van der Waals surface area (Å²) in [6, 6.07) is 8.48. The number of nitrogens with one attached hydrogen (secondary N) is 1. The fourth-order valence-electron chi connectivity index (χ4n) is 3.26. The van der Waals surface area contributed by atoms with Gasteiger partial charge in [-0.1, -0.05) is 22.9 Å². The third kappa shape index (κ3) is 4.97. The SMILES string of the molecule is Cc1ccc(S(=O)(=O)NC(C)C(=O)OCC(=O)c2cc(C)n(-c3cc(C)on3)c2C)cc1. The topological polar surface area (TPSA) is 120 Å². The number of aromatic nitrogens is 2. The normalized spacial score (nSPS) is 12.5.